The molecule has 6 nitrogen and oxygen atoms in total. The number of benzene rings is 2. The summed E-state index contributed by atoms with van der Waals surface area (Å²) in [6.45, 7) is 5.92. The second-order valence-electron chi connectivity index (χ2n) is 8.19. The summed E-state index contributed by atoms with van der Waals surface area (Å²) in [6, 6.07) is 17.2. The van der Waals surface area contributed by atoms with E-state index < -0.39 is 22.7 Å². The molecule has 0 bridgehead atoms. The van der Waals surface area contributed by atoms with E-state index in [4.69, 9.17) is 0 Å². The topological polar surface area (TPSA) is 67.6 Å². The van der Waals surface area contributed by atoms with E-state index >= 15 is 0 Å². The van der Waals surface area contributed by atoms with Crippen LogP contribution in [-0.4, -0.2) is 37.0 Å². The Labute approximate surface area is 189 Å². The van der Waals surface area contributed by atoms with Crippen molar-refractivity contribution in [3.63, 3.8) is 0 Å². The number of aryl methyl sites for hydroxylation is 1. The predicted octanol–water partition coefficient (Wildman–Crippen LogP) is 4.20. The van der Waals surface area contributed by atoms with Crippen LogP contribution in [0.25, 0.3) is 5.69 Å². The maximum absolute atomic E-state index is 14.4. The number of nitrogens with zero attached hydrogens (tertiary/aromatic N) is 4. The molecule has 4 rings (SSSR count). The molecular formula is C24H23FN4O2S. The lowest BCUT2D eigenvalue weighted by atomic mass is 10.1. The molecule has 1 amide bonds. The van der Waals surface area contributed by atoms with Gasteiger partial charge in [-0.1, -0.05) is 54.2 Å². The number of carbonyl (C=O) groups excluding carboxylic acids is 1. The minimum absolute atomic E-state index is 0.173. The number of hydrogen-bond acceptors (Lipinski definition) is 5. The maximum atomic E-state index is 14.4. The van der Waals surface area contributed by atoms with Gasteiger partial charge in [0.1, 0.15) is 11.5 Å². The highest BCUT2D eigenvalue weighted by Gasteiger charge is 2.43. The standard InChI is InChI=1S/C24H23FN4O2S/c1-16-13-20(30)21(27-29(16)19-12-8-7-11-18(19)25)22(31)28-23(32-15-24(28,2)3)26-14-17-9-5-4-6-10-17/h4-13H,14-15H2,1-3H3. The lowest BCUT2D eigenvalue weighted by Crippen LogP contribution is -2.48. The van der Waals surface area contributed by atoms with Crippen molar-refractivity contribution in [1.29, 1.82) is 0 Å². The Bertz CT molecular complexity index is 1250. The number of rotatable bonds is 4. The van der Waals surface area contributed by atoms with Crippen LogP contribution in [-0.2, 0) is 6.54 Å². The van der Waals surface area contributed by atoms with Crippen LogP contribution >= 0.6 is 11.8 Å². The number of thioether (sulfide) groups is 1. The van der Waals surface area contributed by atoms with Gasteiger partial charge in [-0.15, -0.1) is 0 Å². The lowest BCUT2D eigenvalue weighted by molar-refractivity contribution is 0.0757. The zero-order valence-electron chi connectivity index (χ0n) is 18.1. The van der Waals surface area contributed by atoms with E-state index in [9.17, 15) is 14.0 Å². The molecule has 0 radical (unpaired) electrons. The van der Waals surface area contributed by atoms with Crippen molar-refractivity contribution in [3.05, 3.63) is 93.7 Å². The molecule has 0 spiro atoms. The van der Waals surface area contributed by atoms with Gasteiger partial charge in [0.05, 0.1) is 12.1 Å². The summed E-state index contributed by atoms with van der Waals surface area (Å²) in [5, 5.41) is 4.82. The maximum Gasteiger partial charge on any atom is 0.284 e. The Morgan fingerprint density at radius 1 is 1.16 bits per heavy atom. The van der Waals surface area contributed by atoms with E-state index in [1.54, 1.807) is 25.1 Å². The fraction of sp³-hybridized carbons (Fsp3) is 0.250. The molecule has 0 N–H and O–H groups in total. The molecular weight excluding hydrogens is 427 g/mol. The van der Waals surface area contributed by atoms with Crippen molar-refractivity contribution < 1.29 is 9.18 Å². The lowest BCUT2D eigenvalue weighted by Gasteiger charge is -2.30. The summed E-state index contributed by atoms with van der Waals surface area (Å²) < 4.78 is 15.7. The van der Waals surface area contributed by atoms with Gasteiger partial charge in [-0.05, 0) is 38.5 Å². The molecule has 0 atom stereocenters. The van der Waals surface area contributed by atoms with E-state index in [0.29, 0.717) is 23.2 Å². The van der Waals surface area contributed by atoms with Crippen LogP contribution in [0.5, 0.6) is 0 Å². The molecule has 2 aromatic carbocycles. The third kappa shape index (κ3) is 4.23. The highest BCUT2D eigenvalue weighted by atomic mass is 32.2. The number of amides is 1. The molecule has 3 aromatic rings. The van der Waals surface area contributed by atoms with Crippen molar-refractivity contribution in [1.82, 2.24) is 14.7 Å². The van der Waals surface area contributed by atoms with E-state index in [1.807, 2.05) is 44.2 Å². The van der Waals surface area contributed by atoms with Gasteiger partial charge >= 0.3 is 0 Å². The average molecular weight is 451 g/mol. The number of aliphatic imine (C=N–C) groups is 1. The van der Waals surface area contributed by atoms with Gasteiger partial charge in [0.2, 0.25) is 5.43 Å². The van der Waals surface area contributed by atoms with Gasteiger partial charge in [-0.25, -0.2) is 9.07 Å². The zero-order chi connectivity index (χ0) is 22.9. The van der Waals surface area contributed by atoms with Crippen LogP contribution in [0.1, 0.15) is 35.6 Å². The molecule has 0 aliphatic carbocycles. The van der Waals surface area contributed by atoms with E-state index in [-0.39, 0.29) is 11.4 Å². The fourth-order valence-electron chi connectivity index (χ4n) is 3.52. The molecule has 2 heterocycles. The van der Waals surface area contributed by atoms with E-state index in [2.05, 4.69) is 10.1 Å². The highest BCUT2D eigenvalue weighted by molar-refractivity contribution is 8.14. The minimum atomic E-state index is -0.556. The normalized spacial score (nSPS) is 16.5. The number of amidine groups is 1. The number of para-hydroxylation sites is 1. The first-order chi connectivity index (χ1) is 15.3. The number of aromatic nitrogens is 2. The Morgan fingerprint density at radius 2 is 1.84 bits per heavy atom. The third-order valence-corrected chi connectivity index (χ3v) is 6.61. The number of halogens is 1. The van der Waals surface area contributed by atoms with E-state index in [0.717, 1.165) is 5.56 Å². The van der Waals surface area contributed by atoms with Crippen LogP contribution in [0.3, 0.4) is 0 Å². The minimum Gasteiger partial charge on any atom is -0.287 e. The largest absolute Gasteiger partial charge is 0.287 e. The molecule has 1 aromatic heterocycles. The fourth-order valence-corrected chi connectivity index (χ4v) is 4.74. The van der Waals surface area contributed by atoms with Crippen molar-refractivity contribution in [2.45, 2.75) is 32.9 Å². The molecule has 1 aliphatic rings. The molecule has 164 valence electrons. The van der Waals surface area contributed by atoms with E-state index in [1.165, 1.54) is 33.5 Å². The SMILES string of the molecule is Cc1cc(=O)c(C(=O)N2C(=NCc3ccccc3)SCC2(C)C)nn1-c1ccccc1F. The molecule has 1 fully saturated rings. The van der Waals surface area contributed by atoms with Crippen LogP contribution in [0.4, 0.5) is 4.39 Å². The summed E-state index contributed by atoms with van der Waals surface area (Å²) in [6.07, 6.45) is 0. The van der Waals surface area contributed by atoms with Crippen LogP contribution in [0.2, 0.25) is 0 Å². The first-order valence-corrected chi connectivity index (χ1v) is 11.2. The zero-order valence-corrected chi connectivity index (χ0v) is 18.9. The number of hydrogen-bond donors (Lipinski definition) is 0. The molecule has 0 unspecified atom stereocenters. The smallest absolute Gasteiger partial charge is 0.284 e. The van der Waals surface area contributed by atoms with Crippen LogP contribution in [0.15, 0.2) is 70.5 Å². The summed E-state index contributed by atoms with van der Waals surface area (Å²) in [5.41, 5.74) is 0.306. The number of carbonyl (C=O) groups is 1. The average Bonchev–Trinajstić information content (AvgIpc) is 3.07. The quantitative estimate of drug-likeness (QED) is 0.597. The van der Waals surface area contributed by atoms with Crippen molar-refractivity contribution in [2.24, 2.45) is 4.99 Å². The second-order valence-corrected chi connectivity index (χ2v) is 9.13. The highest BCUT2D eigenvalue weighted by Crippen LogP contribution is 2.34. The monoisotopic (exact) mass is 450 g/mol. The van der Waals surface area contributed by atoms with Crippen molar-refractivity contribution >= 4 is 22.8 Å². The summed E-state index contributed by atoms with van der Waals surface area (Å²) >= 11 is 1.47. The Balaban J connectivity index is 1.74. The first kappa shape index (κ1) is 22.0. The van der Waals surface area contributed by atoms with Gasteiger partial charge in [0.15, 0.2) is 10.9 Å². The van der Waals surface area contributed by atoms with Crippen LogP contribution in [0, 0.1) is 12.7 Å². The molecule has 1 saturated heterocycles. The molecule has 8 heteroatoms. The molecule has 32 heavy (non-hydrogen) atoms. The summed E-state index contributed by atoms with van der Waals surface area (Å²) in [7, 11) is 0. The Kier molecular flexibility index (Phi) is 5.97. The van der Waals surface area contributed by atoms with Gasteiger partial charge < -0.3 is 0 Å². The first-order valence-electron chi connectivity index (χ1n) is 10.2. The van der Waals surface area contributed by atoms with Gasteiger partial charge in [-0.3, -0.25) is 19.5 Å². The summed E-state index contributed by atoms with van der Waals surface area (Å²) in [4.78, 5) is 32.5. The molecule has 0 saturated carbocycles. The Morgan fingerprint density at radius 3 is 2.56 bits per heavy atom. The van der Waals surface area contributed by atoms with Gasteiger partial charge in [-0.2, -0.15) is 5.10 Å². The Hall–Kier alpha value is -3.26. The van der Waals surface area contributed by atoms with Crippen molar-refractivity contribution in [3.8, 4) is 5.69 Å². The van der Waals surface area contributed by atoms with Crippen LogP contribution < -0.4 is 5.43 Å². The van der Waals surface area contributed by atoms with Gasteiger partial charge in [0.25, 0.3) is 5.91 Å². The van der Waals surface area contributed by atoms with Gasteiger partial charge in [0, 0.05) is 17.5 Å². The molecule has 1 aliphatic heterocycles. The predicted molar refractivity (Wildman–Crippen MR) is 125 cm³/mol. The third-order valence-electron chi connectivity index (χ3n) is 5.18. The van der Waals surface area contributed by atoms with Crippen molar-refractivity contribution in [2.75, 3.05) is 5.75 Å². The second kappa shape index (κ2) is 8.70. The summed E-state index contributed by atoms with van der Waals surface area (Å²) in [5.74, 6) is -0.395.